The minimum Gasteiger partial charge on any atom is -0.494 e. The molecule has 0 saturated heterocycles. The summed E-state index contributed by atoms with van der Waals surface area (Å²) in [5.74, 6) is 1.39. The van der Waals surface area contributed by atoms with Crippen LogP contribution in [0.1, 0.15) is 25.7 Å². The van der Waals surface area contributed by atoms with Gasteiger partial charge in [0.2, 0.25) is 5.91 Å². The first-order valence-electron chi connectivity index (χ1n) is 9.58. The first-order chi connectivity index (χ1) is 14.0. The third-order valence-electron chi connectivity index (χ3n) is 4.61. The summed E-state index contributed by atoms with van der Waals surface area (Å²) in [6.45, 7) is 7.13. The average molecular weight is 395 g/mol. The molecular formula is C21H25N5O3. The van der Waals surface area contributed by atoms with Crippen LogP contribution in [0.15, 0.2) is 53.6 Å². The predicted octanol–water partition coefficient (Wildman–Crippen LogP) is 2.19. The Hall–Kier alpha value is -3.42. The van der Waals surface area contributed by atoms with Gasteiger partial charge in [-0.2, -0.15) is 5.10 Å². The fourth-order valence-electron chi connectivity index (χ4n) is 2.94. The summed E-state index contributed by atoms with van der Waals surface area (Å²) >= 11 is 0. The lowest BCUT2D eigenvalue weighted by molar-refractivity contribution is -0.124. The molecular weight excluding hydrogens is 370 g/mol. The highest BCUT2D eigenvalue weighted by Crippen LogP contribution is 2.20. The SMILES string of the molecule is CCOc1ccc(-c2ccc(=O)n([C@H](C)C(=O)NCCn3ccnc3C)n2)cc1. The van der Waals surface area contributed by atoms with E-state index in [-0.39, 0.29) is 11.5 Å². The van der Waals surface area contributed by atoms with Gasteiger partial charge < -0.3 is 14.6 Å². The Kier molecular flexibility index (Phi) is 6.43. The molecule has 0 saturated carbocycles. The van der Waals surface area contributed by atoms with E-state index >= 15 is 0 Å². The van der Waals surface area contributed by atoms with E-state index in [1.165, 1.54) is 10.7 Å². The van der Waals surface area contributed by atoms with Crippen molar-refractivity contribution < 1.29 is 9.53 Å². The van der Waals surface area contributed by atoms with Crippen LogP contribution in [0, 0.1) is 6.92 Å². The number of ether oxygens (including phenoxy) is 1. The van der Waals surface area contributed by atoms with E-state index in [9.17, 15) is 9.59 Å². The van der Waals surface area contributed by atoms with Crippen LogP contribution in [0.3, 0.4) is 0 Å². The second kappa shape index (κ2) is 9.18. The quantitative estimate of drug-likeness (QED) is 0.631. The van der Waals surface area contributed by atoms with Crippen LogP contribution in [0.25, 0.3) is 11.3 Å². The molecule has 8 heteroatoms. The number of rotatable bonds is 8. The molecule has 0 aliphatic carbocycles. The average Bonchev–Trinajstić information content (AvgIpc) is 3.13. The summed E-state index contributed by atoms with van der Waals surface area (Å²) in [6, 6.07) is 9.81. The molecule has 0 aliphatic rings. The maximum absolute atomic E-state index is 12.5. The van der Waals surface area contributed by atoms with Gasteiger partial charge in [0.25, 0.3) is 5.56 Å². The largest absolute Gasteiger partial charge is 0.494 e. The summed E-state index contributed by atoms with van der Waals surface area (Å²) in [5, 5.41) is 7.25. The molecule has 2 aromatic heterocycles. The van der Waals surface area contributed by atoms with Gasteiger partial charge in [-0.15, -0.1) is 0 Å². The molecule has 1 aromatic carbocycles. The Morgan fingerprint density at radius 1 is 1.21 bits per heavy atom. The second-order valence-corrected chi connectivity index (χ2v) is 6.59. The number of carbonyl (C=O) groups is 1. The van der Waals surface area contributed by atoms with E-state index in [2.05, 4.69) is 15.4 Å². The molecule has 0 aliphatic heterocycles. The number of hydrogen-bond acceptors (Lipinski definition) is 5. The van der Waals surface area contributed by atoms with Gasteiger partial charge in [-0.05, 0) is 51.1 Å². The minimum absolute atomic E-state index is 0.263. The van der Waals surface area contributed by atoms with Crippen LogP contribution in [-0.4, -0.2) is 38.4 Å². The molecule has 0 unspecified atom stereocenters. The zero-order chi connectivity index (χ0) is 20.8. The van der Waals surface area contributed by atoms with E-state index in [0.717, 1.165) is 17.1 Å². The van der Waals surface area contributed by atoms with Crippen molar-refractivity contribution in [2.24, 2.45) is 0 Å². The monoisotopic (exact) mass is 395 g/mol. The fraction of sp³-hybridized carbons (Fsp3) is 0.333. The molecule has 1 N–H and O–H groups in total. The Balaban J connectivity index is 1.70. The number of nitrogens with zero attached hydrogens (tertiary/aromatic N) is 4. The summed E-state index contributed by atoms with van der Waals surface area (Å²) in [5.41, 5.74) is 1.12. The molecule has 0 bridgehead atoms. The summed E-state index contributed by atoms with van der Waals surface area (Å²) in [4.78, 5) is 29.0. The van der Waals surface area contributed by atoms with Crippen LogP contribution in [0.2, 0.25) is 0 Å². The maximum Gasteiger partial charge on any atom is 0.267 e. The Morgan fingerprint density at radius 3 is 2.62 bits per heavy atom. The highest BCUT2D eigenvalue weighted by atomic mass is 16.5. The molecule has 29 heavy (non-hydrogen) atoms. The molecule has 2 heterocycles. The molecule has 0 spiro atoms. The lowest BCUT2D eigenvalue weighted by Gasteiger charge is -2.15. The van der Waals surface area contributed by atoms with Gasteiger partial charge in [0.15, 0.2) is 0 Å². The van der Waals surface area contributed by atoms with E-state index < -0.39 is 6.04 Å². The molecule has 8 nitrogen and oxygen atoms in total. The standard InChI is InChI=1S/C21H25N5O3/c1-4-29-18-7-5-17(6-8-18)19-9-10-20(27)26(24-19)15(2)21(28)23-12-14-25-13-11-22-16(25)3/h5-11,13,15H,4,12,14H2,1-3H3,(H,23,28)/t15-/m1/s1. The van der Waals surface area contributed by atoms with Crippen molar-refractivity contribution in [3.63, 3.8) is 0 Å². The second-order valence-electron chi connectivity index (χ2n) is 6.59. The van der Waals surface area contributed by atoms with E-state index in [1.54, 1.807) is 19.2 Å². The van der Waals surface area contributed by atoms with Crippen LogP contribution in [0.4, 0.5) is 0 Å². The summed E-state index contributed by atoms with van der Waals surface area (Å²) < 4.78 is 8.60. The highest BCUT2D eigenvalue weighted by Gasteiger charge is 2.17. The van der Waals surface area contributed by atoms with Gasteiger partial charge in [0, 0.05) is 37.1 Å². The molecule has 152 valence electrons. The van der Waals surface area contributed by atoms with Gasteiger partial charge in [-0.1, -0.05) is 0 Å². The number of aromatic nitrogens is 4. The number of nitrogens with one attached hydrogen (secondary N) is 1. The maximum atomic E-state index is 12.5. The van der Waals surface area contributed by atoms with Gasteiger partial charge in [-0.25, -0.2) is 9.67 Å². The number of carbonyl (C=O) groups excluding carboxylic acids is 1. The van der Waals surface area contributed by atoms with Crippen molar-refractivity contribution in [3.05, 3.63) is 65.0 Å². The van der Waals surface area contributed by atoms with Crippen molar-refractivity contribution >= 4 is 5.91 Å². The van der Waals surface area contributed by atoms with Crippen molar-refractivity contribution in [3.8, 4) is 17.0 Å². The van der Waals surface area contributed by atoms with E-state index in [1.807, 2.05) is 48.9 Å². The highest BCUT2D eigenvalue weighted by molar-refractivity contribution is 5.79. The molecule has 0 fully saturated rings. The number of benzene rings is 1. The minimum atomic E-state index is -0.728. The van der Waals surface area contributed by atoms with Crippen molar-refractivity contribution in [2.45, 2.75) is 33.4 Å². The van der Waals surface area contributed by atoms with Gasteiger partial charge in [-0.3, -0.25) is 9.59 Å². The molecule has 3 aromatic rings. The number of imidazole rings is 1. The lowest BCUT2D eigenvalue weighted by atomic mass is 10.1. The zero-order valence-corrected chi connectivity index (χ0v) is 16.8. The van der Waals surface area contributed by atoms with Gasteiger partial charge in [0.05, 0.1) is 12.3 Å². The molecule has 0 radical (unpaired) electrons. The van der Waals surface area contributed by atoms with Crippen molar-refractivity contribution in [1.29, 1.82) is 0 Å². The molecule has 1 amide bonds. The normalized spacial score (nSPS) is 11.8. The van der Waals surface area contributed by atoms with Crippen LogP contribution in [-0.2, 0) is 11.3 Å². The predicted molar refractivity (Wildman–Crippen MR) is 110 cm³/mol. The Labute approximate surface area is 169 Å². The summed E-state index contributed by atoms with van der Waals surface area (Å²) in [6.07, 6.45) is 3.58. The van der Waals surface area contributed by atoms with Crippen LogP contribution in [0.5, 0.6) is 5.75 Å². The van der Waals surface area contributed by atoms with E-state index in [0.29, 0.717) is 25.4 Å². The topological polar surface area (TPSA) is 91.0 Å². The third-order valence-corrected chi connectivity index (χ3v) is 4.61. The Bertz CT molecular complexity index is 1020. The van der Waals surface area contributed by atoms with Crippen molar-refractivity contribution in [1.82, 2.24) is 24.6 Å². The molecule has 3 rings (SSSR count). The first-order valence-corrected chi connectivity index (χ1v) is 9.58. The molecule has 1 atom stereocenters. The zero-order valence-electron chi connectivity index (χ0n) is 16.8. The number of aryl methyl sites for hydroxylation is 1. The van der Waals surface area contributed by atoms with Crippen LogP contribution < -0.4 is 15.6 Å². The van der Waals surface area contributed by atoms with E-state index in [4.69, 9.17) is 4.74 Å². The number of hydrogen-bond donors (Lipinski definition) is 1. The van der Waals surface area contributed by atoms with Gasteiger partial charge >= 0.3 is 0 Å². The lowest BCUT2D eigenvalue weighted by Crippen LogP contribution is -2.38. The fourth-order valence-corrected chi connectivity index (χ4v) is 2.94. The number of amides is 1. The van der Waals surface area contributed by atoms with Gasteiger partial charge in [0.1, 0.15) is 17.6 Å². The smallest absolute Gasteiger partial charge is 0.267 e. The van der Waals surface area contributed by atoms with Crippen molar-refractivity contribution in [2.75, 3.05) is 13.2 Å². The Morgan fingerprint density at radius 2 is 1.97 bits per heavy atom. The van der Waals surface area contributed by atoms with Crippen LogP contribution >= 0.6 is 0 Å². The summed E-state index contributed by atoms with van der Waals surface area (Å²) in [7, 11) is 0. The first kappa shape index (κ1) is 20.3. The third kappa shape index (κ3) is 4.90.